The van der Waals surface area contributed by atoms with Crippen molar-refractivity contribution in [1.29, 1.82) is 0 Å². The van der Waals surface area contributed by atoms with Crippen LogP contribution in [0.4, 0.5) is 0 Å². The Hall–Kier alpha value is -2.31. The van der Waals surface area contributed by atoms with E-state index in [0.29, 0.717) is 39.8 Å². The number of esters is 1. The highest BCUT2D eigenvalue weighted by molar-refractivity contribution is 8.00. The van der Waals surface area contributed by atoms with Gasteiger partial charge in [-0.1, -0.05) is 54.9 Å². The van der Waals surface area contributed by atoms with Gasteiger partial charge in [0.05, 0.1) is 23.2 Å². The molecule has 2 aromatic carbocycles. The van der Waals surface area contributed by atoms with Crippen LogP contribution in [0.3, 0.4) is 0 Å². The van der Waals surface area contributed by atoms with Gasteiger partial charge in [-0.25, -0.2) is 4.98 Å². The zero-order valence-electron chi connectivity index (χ0n) is 16.6. The fraction of sp³-hybridized carbons (Fsp3) is 0.318. The number of fused-ring (bicyclic) bond motifs is 1. The average molecular weight is 431 g/mol. The number of nitrogens with zero attached hydrogens (tertiary/aromatic N) is 2. The normalized spacial score (nSPS) is 12.1. The van der Waals surface area contributed by atoms with Crippen LogP contribution in [-0.4, -0.2) is 27.4 Å². The fourth-order valence-electron chi connectivity index (χ4n) is 3.08. The molecule has 1 aromatic heterocycles. The lowest BCUT2D eigenvalue weighted by Crippen LogP contribution is -2.26. The van der Waals surface area contributed by atoms with E-state index in [4.69, 9.17) is 21.3 Å². The molecule has 29 heavy (non-hydrogen) atoms. The third-order valence-corrected chi connectivity index (χ3v) is 5.94. The van der Waals surface area contributed by atoms with Crippen molar-refractivity contribution in [2.24, 2.45) is 0 Å². The number of rotatable bonds is 7. The first-order chi connectivity index (χ1) is 14.0. The van der Waals surface area contributed by atoms with E-state index >= 15 is 0 Å². The Labute approximate surface area is 179 Å². The van der Waals surface area contributed by atoms with E-state index in [2.05, 4.69) is 0 Å². The maximum absolute atomic E-state index is 13.4. The summed E-state index contributed by atoms with van der Waals surface area (Å²) in [6, 6.07) is 12.6. The summed E-state index contributed by atoms with van der Waals surface area (Å²) >= 11 is 7.48. The van der Waals surface area contributed by atoms with Gasteiger partial charge >= 0.3 is 5.97 Å². The molecule has 0 aliphatic carbocycles. The molecule has 0 saturated carbocycles. The first-order valence-electron chi connectivity index (χ1n) is 9.57. The second kappa shape index (κ2) is 9.46. The molecule has 3 aromatic rings. The smallest absolute Gasteiger partial charge is 0.319 e. The Bertz CT molecular complexity index is 1100. The highest BCUT2D eigenvalue weighted by Crippen LogP contribution is 2.30. The van der Waals surface area contributed by atoms with E-state index < -0.39 is 5.25 Å². The third-order valence-electron chi connectivity index (χ3n) is 4.51. The number of aryl methyl sites for hydroxylation is 1. The number of carbonyl (C=O) groups excluding carboxylic acids is 1. The number of thioether (sulfide) groups is 1. The van der Waals surface area contributed by atoms with Crippen molar-refractivity contribution in [2.45, 2.75) is 44.0 Å². The Kier molecular flexibility index (Phi) is 6.98. The predicted molar refractivity (Wildman–Crippen MR) is 118 cm³/mol. The van der Waals surface area contributed by atoms with Crippen molar-refractivity contribution in [2.75, 3.05) is 6.61 Å². The maximum atomic E-state index is 13.4. The van der Waals surface area contributed by atoms with Crippen LogP contribution in [-0.2, 0) is 9.53 Å². The summed E-state index contributed by atoms with van der Waals surface area (Å²) in [7, 11) is 0. The monoisotopic (exact) mass is 430 g/mol. The lowest BCUT2D eigenvalue weighted by atomic mass is 10.2. The lowest BCUT2D eigenvalue weighted by Gasteiger charge is -2.19. The van der Waals surface area contributed by atoms with Crippen LogP contribution in [0, 0.1) is 6.92 Å². The zero-order valence-corrected chi connectivity index (χ0v) is 18.2. The molecule has 0 aliphatic rings. The Morgan fingerprint density at radius 2 is 2.00 bits per heavy atom. The molecule has 0 aliphatic heterocycles. The summed E-state index contributed by atoms with van der Waals surface area (Å²) in [5, 5.41) is 1.04. The molecular weight excluding hydrogens is 408 g/mol. The molecule has 7 heteroatoms. The van der Waals surface area contributed by atoms with E-state index in [-0.39, 0.29) is 11.5 Å². The summed E-state index contributed by atoms with van der Waals surface area (Å²) in [4.78, 5) is 30.6. The Morgan fingerprint density at radius 3 is 2.72 bits per heavy atom. The van der Waals surface area contributed by atoms with Crippen LogP contribution in [0.2, 0.25) is 5.02 Å². The van der Waals surface area contributed by atoms with Crippen LogP contribution in [0.25, 0.3) is 16.6 Å². The number of hydrogen-bond acceptors (Lipinski definition) is 5. The molecule has 1 atom stereocenters. The van der Waals surface area contributed by atoms with Crippen LogP contribution in [0.15, 0.2) is 52.4 Å². The van der Waals surface area contributed by atoms with Gasteiger partial charge in [0.2, 0.25) is 0 Å². The number of carbonyl (C=O) groups is 1. The second-order valence-electron chi connectivity index (χ2n) is 6.63. The van der Waals surface area contributed by atoms with E-state index in [1.807, 2.05) is 32.0 Å². The average Bonchev–Trinajstić information content (AvgIpc) is 2.70. The third kappa shape index (κ3) is 4.65. The van der Waals surface area contributed by atoms with Gasteiger partial charge < -0.3 is 4.74 Å². The molecule has 3 rings (SSSR count). The molecule has 152 valence electrons. The quantitative estimate of drug-likeness (QED) is 0.294. The predicted octanol–water partition coefficient (Wildman–Crippen LogP) is 5.17. The number of aromatic nitrogens is 2. The van der Waals surface area contributed by atoms with Gasteiger partial charge in [0.15, 0.2) is 5.16 Å². The van der Waals surface area contributed by atoms with Crippen LogP contribution in [0.1, 0.15) is 32.3 Å². The van der Waals surface area contributed by atoms with Gasteiger partial charge in [-0.05, 0) is 50.1 Å². The number of benzene rings is 2. The number of ether oxygens (including phenoxy) is 1. The van der Waals surface area contributed by atoms with Crippen molar-refractivity contribution in [3.63, 3.8) is 0 Å². The van der Waals surface area contributed by atoms with E-state index in [0.717, 1.165) is 12.0 Å². The summed E-state index contributed by atoms with van der Waals surface area (Å²) < 4.78 is 6.79. The molecule has 0 fully saturated rings. The standard InChI is InChI=1S/C22H23ClN2O3S/c1-4-8-19(21(27)28-5-2)29-22-24-17-10-7-6-9-16(17)20(26)25(22)18-13-15(23)12-11-14(18)3/h6-7,9-13,19H,4-5,8H2,1-3H3/t19-/m1/s1. The van der Waals surface area contributed by atoms with Gasteiger partial charge in [-0.2, -0.15) is 0 Å². The minimum Gasteiger partial charge on any atom is -0.465 e. The fourth-order valence-corrected chi connectivity index (χ4v) is 4.45. The van der Waals surface area contributed by atoms with Crippen molar-refractivity contribution in [3.8, 4) is 5.69 Å². The molecule has 0 unspecified atom stereocenters. The van der Waals surface area contributed by atoms with Crippen molar-refractivity contribution < 1.29 is 9.53 Å². The van der Waals surface area contributed by atoms with E-state index in [1.54, 1.807) is 35.8 Å². The highest BCUT2D eigenvalue weighted by atomic mass is 35.5. The SMILES string of the molecule is CCC[C@@H](Sc1nc2ccccc2c(=O)n1-c1cc(Cl)ccc1C)C(=O)OCC. The number of halogens is 1. The van der Waals surface area contributed by atoms with Gasteiger partial charge in [0.25, 0.3) is 5.56 Å². The second-order valence-corrected chi connectivity index (χ2v) is 8.24. The molecule has 0 bridgehead atoms. The van der Waals surface area contributed by atoms with E-state index in [1.165, 1.54) is 11.8 Å². The largest absolute Gasteiger partial charge is 0.465 e. The minimum atomic E-state index is -0.446. The van der Waals surface area contributed by atoms with Gasteiger partial charge in [0, 0.05) is 5.02 Å². The highest BCUT2D eigenvalue weighted by Gasteiger charge is 2.24. The van der Waals surface area contributed by atoms with Gasteiger partial charge in [0.1, 0.15) is 5.25 Å². The molecule has 0 radical (unpaired) electrons. The number of hydrogen-bond donors (Lipinski definition) is 0. The van der Waals surface area contributed by atoms with Crippen molar-refractivity contribution in [1.82, 2.24) is 9.55 Å². The molecule has 0 saturated heterocycles. The minimum absolute atomic E-state index is 0.192. The van der Waals surface area contributed by atoms with Gasteiger partial charge in [-0.3, -0.25) is 14.2 Å². The lowest BCUT2D eigenvalue weighted by molar-refractivity contribution is -0.142. The maximum Gasteiger partial charge on any atom is 0.319 e. The molecule has 5 nitrogen and oxygen atoms in total. The molecule has 0 amide bonds. The van der Waals surface area contributed by atoms with E-state index in [9.17, 15) is 9.59 Å². The first kappa shape index (κ1) is 21.4. The van der Waals surface area contributed by atoms with Crippen molar-refractivity contribution >= 4 is 40.2 Å². The van der Waals surface area contributed by atoms with Crippen LogP contribution < -0.4 is 5.56 Å². The summed E-state index contributed by atoms with van der Waals surface area (Å²) in [5.74, 6) is -0.295. The first-order valence-corrected chi connectivity index (χ1v) is 10.8. The molecule has 0 spiro atoms. The summed E-state index contributed by atoms with van der Waals surface area (Å²) in [5.41, 5.74) is 1.94. The zero-order chi connectivity index (χ0) is 21.0. The van der Waals surface area contributed by atoms with Gasteiger partial charge in [-0.15, -0.1) is 0 Å². The molecular formula is C22H23ClN2O3S. The topological polar surface area (TPSA) is 61.2 Å². The van der Waals surface area contributed by atoms with Crippen LogP contribution in [0.5, 0.6) is 0 Å². The van der Waals surface area contributed by atoms with Crippen molar-refractivity contribution in [3.05, 3.63) is 63.4 Å². The van der Waals surface area contributed by atoms with Crippen LogP contribution >= 0.6 is 23.4 Å². The Morgan fingerprint density at radius 1 is 1.24 bits per heavy atom. The Balaban J connectivity index is 2.23. The number of para-hydroxylation sites is 1. The molecule has 0 N–H and O–H groups in total. The summed E-state index contributed by atoms with van der Waals surface area (Å²) in [6.07, 6.45) is 1.44. The molecule has 1 heterocycles. The summed E-state index contributed by atoms with van der Waals surface area (Å²) in [6.45, 7) is 6.02.